The fourth-order valence-electron chi connectivity index (χ4n) is 0.912. The van der Waals surface area contributed by atoms with Crippen LogP contribution in [-0.2, 0) is 4.74 Å². The van der Waals surface area contributed by atoms with E-state index in [0.717, 1.165) is 32.8 Å². The van der Waals surface area contributed by atoms with E-state index in [-0.39, 0.29) is 0 Å². The second kappa shape index (κ2) is 9.59. The molecular weight excluding hydrogens is 197 g/mol. The minimum absolute atomic E-state index is 0.656. The standard InChI is InChI=1S/C8H17Cl2NO/c1-2-12-8-7-11(5-3-9)6-4-10/h2-8H2,1H3. The molecule has 12 heavy (non-hydrogen) atoms. The van der Waals surface area contributed by atoms with Gasteiger partial charge in [-0.05, 0) is 6.92 Å². The zero-order valence-corrected chi connectivity index (χ0v) is 9.07. The molecule has 0 fully saturated rings. The normalized spacial score (nSPS) is 11.0. The molecule has 0 rings (SSSR count). The summed E-state index contributed by atoms with van der Waals surface area (Å²) in [4.78, 5) is 2.20. The molecule has 0 atom stereocenters. The molecular formula is C8H17Cl2NO. The number of halogens is 2. The Labute approximate surface area is 84.8 Å². The lowest BCUT2D eigenvalue weighted by Gasteiger charge is -2.19. The molecule has 0 bridgehead atoms. The summed E-state index contributed by atoms with van der Waals surface area (Å²) < 4.78 is 5.23. The van der Waals surface area contributed by atoms with E-state index in [2.05, 4.69) is 4.90 Å². The topological polar surface area (TPSA) is 12.5 Å². The quantitative estimate of drug-likeness (QED) is 0.451. The van der Waals surface area contributed by atoms with Crippen LogP contribution in [0.25, 0.3) is 0 Å². The number of ether oxygens (including phenoxy) is 1. The molecule has 0 aromatic heterocycles. The summed E-state index contributed by atoms with van der Waals surface area (Å²) >= 11 is 11.2. The maximum Gasteiger partial charge on any atom is 0.0593 e. The van der Waals surface area contributed by atoms with Gasteiger partial charge in [0.05, 0.1) is 6.61 Å². The molecule has 0 unspecified atom stereocenters. The van der Waals surface area contributed by atoms with E-state index in [1.165, 1.54) is 0 Å². The molecule has 0 aliphatic heterocycles. The highest BCUT2D eigenvalue weighted by Gasteiger charge is 2.01. The number of rotatable bonds is 8. The van der Waals surface area contributed by atoms with E-state index in [1.54, 1.807) is 0 Å². The summed E-state index contributed by atoms with van der Waals surface area (Å²) in [5.74, 6) is 1.31. The van der Waals surface area contributed by atoms with Crippen molar-refractivity contribution in [3.05, 3.63) is 0 Å². The molecule has 0 heterocycles. The van der Waals surface area contributed by atoms with Crippen molar-refractivity contribution in [2.75, 3.05) is 44.6 Å². The molecule has 0 radical (unpaired) electrons. The van der Waals surface area contributed by atoms with E-state index in [9.17, 15) is 0 Å². The van der Waals surface area contributed by atoms with Gasteiger partial charge in [0, 0.05) is 38.0 Å². The van der Waals surface area contributed by atoms with Crippen LogP contribution in [0, 0.1) is 0 Å². The lowest BCUT2D eigenvalue weighted by molar-refractivity contribution is 0.118. The summed E-state index contributed by atoms with van der Waals surface area (Å²) in [6.07, 6.45) is 0. The predicted octanol–water partition coefficient (Wildman–Crippen LogP) is 1.80. The van der Waals surface area contributed by atoms with Crippen LogP contribution in [0.3, 0.4) is 0 Å². The van der Waals surface area contributed by atoms with Crippen LogP contribution in [0.5, 0.6) is 0 Å². The Morgan fingerprint density at radius 3 is 2.08 bits per heavy atom. The number of alkyl halides is 2. The van der Waals surface area contributed by atoms with Gasteiger partial charge < -0.3 is 4.74 Å². The third-order valence-electron chi connectivity index (χ3n) is 1.56. The van der Waals surface area contributed by atoms with Gasteiger partial charge in [-0.2, -0.15) is 0 Å². The molecule has 0 aliphatic rings. The van der Waals surface area contributed by atoms with E-state index >= 15 is 0 Å². The first kappa shape index (κ1) is 12.5. The first-order chi connectivity index (χ1) is 5.85. The average Bonchev–Trinajstić information content (AvgIpc) is 2.06. The molecule has 4 heteroatoms. The highest BCUT2D eigenvalue weighted by atomic mass is 35.5. The summed E-state index contributed by atoms with van der Waals surface area (Å²) in [5.41, 5.74) is 0. The minimum Gasteiger partial charge on any atom is -0.380 e. The first-order valence-electron chi connectivity index (χ1n) is 4.27. The predicted molar refractivity (Wildman–Crippen MR) is 54.4 cm³/mol. The van der Waals surface area contributed by atoms with Crippen LogP contribution in [0.4, 0.5) is 0 Å². The Bertz CT molecular complexity index is 87.1. The molecule has 0 aromatic rings. The first-order valence-corrected chi connectivity index (χ1v) is 5.34. The second-order valence-corrected chi connectivity index (χ2v) is 3.17. The zero-order chi connectivity index (χ0) is 9.23. The fourth-order valence-corrected chi connectivity index (χ4v) is 1.39. The minimum atomic E-state index is 0.656. The van der Waals surface area contributed by atoms with Gasteiger partial charge in [-0.25, -0.2) is 0 Å². The van der Waals surface area contributed by atoms with Gasteiger partial charge in [0.2, 0.25) is 0 Å². The van der Waals surface area contributed by atoms with Crippen molar-refractivity contribution >= 4 is 23.2 Å². The van der Waals surface area contributed by atoms with Crippen molar-refractivity contribution in [1.29, 1.82) is 0 Å². The van der Waals surface area contributed by atoms with Gasteiger partial charge in [-0.15, -0.1) is 23.2 Å². The van der Waals surface area contributed by atoms with Crippen LogP contribution in [0.1, 0.15) is 6.92 Å². The monoisotopic (exact) mass is 213 g/mol. The van der Waals surface area contributed by atoms with E-state index in [4.69, 9.17) is 27.9 Å². The Kier molecular flexibility index (Phi) is 9.99. The fraction of sp³-hybridized carbons (Fsp3) is 1.00. The summed E-state index contributed by atoms with van der Waals surface area (Å²) in [7, 11) is 0. The highest BCUT2D eigenvalue weighted by molar-refractivity contribution is 6.18. The number of hydrogen-bond acceptors (Lipinski definition) is 2. The Hall–Kier alpha value is 0.500. The van der Waals surface area contributed by atoms with Crippen molar-refractivity contribution in [3.8, 4) is 0 Å². The maximum absolute atomic E-state index is 5.62. The molecule has 0 aromatic carbocycles. The van der Waals surface area contributed by atoms with Crippen molar-refractivity contribution < 1.29 is 4.74 Å². The smallest absolute Gasteiger partial charge is 0.0593 e. The highest BCUT2D eigenvalue weighted by Crippen LogP contribution is 1.91. The van der Waals surface area contributed by atoms with Gasteiger partial charge in [0.25, 0.3) is 0 Å². The number of nitrogens with zero attached hydrogens (tertiary/aromatic N) is 1. The van der Waals surface area contributed by atoms with Gasteiger partial charge in [-0.3, -0.25) is 4.90 Å². The van der Waals surface area contributed by atoms with Crippen LogP contribution >= 0.6 is 23.2 Å². The maximum atomic E-state index is 5.62. The summed E-state index contributed by atoms with van der Waals surface area (Å²) in [5, 5.41) is 0. The molecule has 0 saturated heterocycles. The third-order valence-corrected chi connectivity index (χ3v) is 1.90. The van der Waals surface area contributed by atoms with Crippen molar-refractivity contribution in [2.24, 2.45) is 0 Å². The van der Waals surface area contributed by atoms with Crippen LogP contribution < -0.4 is 0 Å². The third kappa shape index (κ3) is 7.17. The van der Waals surface area contributed by atoms with Gasteiger partial charge in [0.1, 0.15) is 0 Å². The lowest BCUT2D eigenvalue weighted by Crippen LogP contribution is -2.31. The second-order valence-electron chi connectivity index (χ2n) is 2.42. The summed E-state index contributed by atoms with van der Waals surface area (Å²) in [6.45, 7) is 6.24. The summed E-state index contributed by atoms with van der Waals surface area (Å²) in [6, 6.07) is 0. The van der Waals surface area contributed by atoms with Crippen molar-refractivity contribution in [3.63, 3.8) is 0 Å². The molecule has 74 valence electrons. The molecule has 0 amide bonds. The van der Waals surface area contributed by atoms with E-state index < -0.39 is 0 Å². The molecule has 0 spiro atoms. The largest absolute Gasteiger partial charge is 0.380 e. The molecule has 0 N–H and O–H groups in total. The molecule has 2 nitrogen and oxygen atoms in total. The van der Waals surface area contributed by atoms with E-state index in [1.807, 2.05) is 6.92 Å². The van der Waals surface area contributed by atoms with Gasteiger partial charge in [0.15, 0.2) is 0 Å². The lowest BCUT2D eigenvalue weighted by atomic mass is 10.5. The zero-order valence-electron chi connectivity index (χ0n) is 7.56. The van der Waals surface area contributed by atoms with Crippen molar-refractivity contribution in [1.82, 2.24) is 4.90 Å². The van der Waals surface area contributed by atoms with E-state index in [0.29, 0.717) is 11.8 Å². The van der Waals surface area contributed by atoms with Crippen molar-refractivity contribution in [2.45, 2.75) is 6.92 Å². The van der Waals surface area contributed by atoms with Gasteiger partial charge in [-0.1, -0.05) is 0 Å². The van der Waals surface area contributed by atoms with Crippen LogP contribution in [0.15, 0.2) is 0 Å². The van der Waals surface area contributed by atoms with Crippen LogP contribution in [0.2, 0.25) is 0 Å². The van der Waals surface area contributed by atoms with Crippen LogP contribution in [-0.4, -0.2) is 49.5 Å². The Morgan fingerprint density at radius 1 is 1.08 bits per heavy atom. The van der Waals surface area contributed by atoms with Gasteiger partial charge >= 0.3 is 0 Å². The molecule has 0 saturated carbocycles. The Balaban J connectivity index is 3.34. The Morgan fingerprint density at radius 2 is 1.67 bits per heavy atom. The molecule has 0 aliphatic carbocycles. The SMILES string of the molecule is CCOCCN(CCCl)CCCl. The average molecular weight is 214 g/mol. The number of hydrogen-bond donors (Lipinski definition) is 0.